The maximum absolute atomic E-state index is 2.85. The molecule has 0 bridgehead atoms. The van der Waals surface area contributed by atoms with Crippen molar-refractivity contribution in [2.75, 3.05) is 0 Å². The van der Waals surface area contributed by atoms with Crippen LogP contribution in [0.25, 0.3) is 0 Å². The number of rotatable bonds is 0. The first kappa shape index (κ1) is 2.91. The SMILES string of the molecule is [c]1cc[c]s1. The molecular weight excluding hydrogens is 80.1 g/mol. The maximum Gasteiger partial charge on any atom is 0.0449 e. The molecule has 0 fully saturated rings. The van der Waals surface area contributed by atoms with Gasteiger partial charge < -0.3 is 0 Å². The van der Waals surface area contributed by atoms with Gasteiger partial charge in [0.05, 0.1) is 0 Å². The van der Waals surface area contributed by atoms with Gasteiger partial charge in [-0.15, -0.1) is 11.3 Å². The minimum atomic E-state index is 1.46. The van der Waals surface area contributed by atoms with Crippen LogP contribution in [-0.2, 0) is 0 Å². The van der Waals surface area contributed by atoms with Gasteiger partial charge in [0.2, 0.25) is 0 Å². The van der Waals surface area contributed by atoms with Crippen molar-refractivity contribution in [3.8, 4) is 0 Å². The highest BCUT2D eigenvalue weighted by atomic mass is 32.1. The number of hydrogen-bond donors (Lipinski definition) is 0. The Morgan fingerprint density at radius 1 is 1.20 bits per heavy atom. The summed E-state index contributed by atoms with van der Waals surface area (Å²) in [6.45, 7) is 0. The van der Waals surface area contributed by atoms with Gasteiger partial charge in [-0.2, -0.15) is 0 Å². The molecule has 5 heavy (non-hydrogen) atoms. The van der Waals surface area contributed by atoms with Crippen LogP contribution in [0.5, 0.6) is 0 Å². The van der Waals surface area contributed by atoms with E-state index in [1.165, 1.54) is 11.3 Å². The second-order valence-corrected chi connectivity index (χ2v) is 1.35. The van der Waals surface area contributed by atoms with Gasteiger partial charge in [-0.05, 0) is 12.1 Å². The van der Waals surface area contributed by atoms with Crippen LogP contribution in [0, 0.1) is 10.8 Å². The Balaban J connectivity index is 3.13. The normalized spacial score (nSPS) is 8.00. The summed E-state index contributed by atoms with van der Waals surface area (Å²) < 4.78 is 0. The van der Waals surface area contributed by atoms with Gasteiger partial charge in [-0.3, -0.25) is 0 Å². The molecule has 0 aliphatic carbocycles. The minimum Gasteiger partial charge on any atom is -0.134 e. The summed E-state index contributed by atoms with van der Waals surface area (Å²) in [6, 6.07) is 3.68. The summed E-state index contributed by atoms with van der Waals surface area (Å²) in [6.07, 6.45) is 0. The van der Waals surface area contributed by atoms with Crippen LogP contribution in [0.4, 0.5) is 0 Å². The Morgan fingerprint density at radius 3 is 2.00 bits per heavy atom. The zero-order valence-corrected chi connectivity index (χ0v) is 3.38. The molecule has 0 aliphatic heterocycles. The summed E-state index contributed by atoms with van der Waals surface area (Å²) in [4.78, 5) is 0. The molecule has 0 aliphatic rings. The summed E-state index contributed by atoms with van der Waals surface area (Å²) >= 11 is 1.46. The Kier molecular flexibility index (Phi) is 0.711. The fraction of sp³-hybridized carbons (Fsp3) is 0. The van der Waals surface area contributed by atoms with E-state index in [-0.39, 0.29) is 0 Å². The van der Waals surface area contributed by atoms with Crippen LogP contribution in [0.2, 0.25) is 0 Å². The molecule has 1 aromatic heterocycles. The highest BCUT2D eigenvalue weighted by Crippen LogP contribution is 1.88. The first-order chi connectivity index (χ1) is 2.50. The molecular formula is C4H2S. The van der Waals surface area contributed by atoms with Crippen molar-refractivity contribution in [2.45, 2.75) is 0 Å². The second kappa shape index (κ2) is 1.22. The lowest BCUT2D eigenvalue weighted by Crippen LogP contribution is -1.18. The summed E-state index contributed by atoms with van der Waals surface area (Å²) in [5, 5.41) is 5.69. The molecule has 0 spiro atoms. The van der Waals surface area contributed by atoms with E-state index in [1.807, 2.05) is 12.1 Å². The molecule has 0 amide bonds. The van der Waals surface area contributed by atoms with Crippen LogP contribution < -0.4 is 0 Å². The van der Waals surface area contributed by atoms with Gasteiger partial charge in [0, 0.05) is 10.8 Å². The fourth-order valence-electron chi connectivity index (χ4n) is 0.170. The molecule has 0 saturated carbocycles. The third-order valence-corrected chi connectivity index (χ3v) is 0.845. The van der Waals surface area contributed by atoms with E-state index in [9.17, 15) is 0 Å². The van der Waals surface area contributed by atoms with E-state index in [0.29, 0.717) is 0 Å². The van der Waals surface area contributed by atoms with Gasteiger partial charge in [0.15, 0.2) is 0 Å². The van der Waals surface area contributed by atoms with Gasteiger partial charge in [0.25, 0.3) is 0 Å². The highest BCUT2D eigenvalue weighted by Gasteiger charge is 1.61. The van der Waals surface area contributed by atoms with Crippen molar-refractivity contribution < 1.29 is 0 Å². The molecule has 0 aromatic carbocycles. The van der Waals surface area contributed by atoms with E-state index in [0.717, 1.165) is 0 Å². The molecule has 2 radical (unpaired) electrons. The highest BCUT2D eigenvalue weighted by molar-refractivity contribution is 7.06. The fourth-order valence-corrected chi connectivity index (χ4v) is 0.510. The van der Waals surface area contributed by atoms with Crippen LogP contribution in [0.1, 0.15) is 0 Å². The lowest BCUT2D eigenvalue weighted by molar-refractivity contribution is 2.00. The van der Waals surface area contributed by atoms with E-state index >= 15 is 0 Å². The van der Waals surface area contributed by atoms with Crippen molar-refractivity contribution >= 4 is 11.3 Å². The lowest BCUT2D eigenvalue weighted by Gasteiger charge is -1.36. The van der Waals surface area contributed by atoms with E-state index in [2.05, 4.69) is 10.8 Å². The zero-order valence-electron chi connectivity index (χ0n) is 2.56. The number of hydrogen-bond acceptors (Lipinski definition) is 1. The van der Waals surface area contributed by atoms with Gasteiger partial charge in [0.1, 0.15) is 0 Å². The van der Waals surface area contributed by atoms with E-state index < -0.39 is 0 Å². The largest absolute Gasteiger partial charge is 0.134 e. The molecule has 1 aromatic rings. The van der Waals surface area contributed by atoms with Crippen LogP contribution in [0.15, 0.2) is 12.1 Å². The minimum absolute atomic E-state index is 1.46. The summed E-state index contributed by atoms with van der Waals surface area (Å²) in [5.41, 5.74) is 0. The van der Waals surface area contributed by atoms with Crippen LogP contribution in [0.3, 0.4) is 0 Å². The third kappa shape index (κ3) is 0.484. The lowest BCUT2D eigenvalue weighted by atomic mass is 10.7. The second-order valence-electron chi connectivity index (χ2n) is 0.671. The first-order valence-corrected chi connectivity index (χ1v) is 2.14. The smallest absolute Gasteiger partial charge is 0.0449 e. The van der Waals surface area contributed by atoms with Crippen molar-refractivity contribution in [3.63, 3.8) is 0 Å². The van der Waals surface area contributed by atoms with Crippen molar-refractivity contribution in [1.29, 1.82) is 0 Å². The molecule has 1 heteroatoms. The van der Waals surface area contributed by atoms with Crippen molar-refractivity contribution in [2.24, 2.45) is 0 Å². The van der Waals surface area contributed by atoms with Gasteiger partial charge >= 0.3 is 0 Å². The summed E-state index contributed by atoms with van der Waals surface area (Å²) in [7, 11) is 0. The Bertz CT molecular complexity index is 60.1. The molecule has 0 saturated heterocycles. The Morgan fingerprint density at radius 2 is 1.80 bits per heavy atom. The van der Waals surface area contributed by atoms with E-state index in [4.69, 9.17) is 0 Å². The monoisotopic (exact) mass is 82.0 g/mol. The van der Waals surface area contributed by atoms with Crippen LogP contribution in [-0.4, -0.2) is 0 Å². The third-order valence-electron chi connectivity index (χ3n) is 0.337. The predicted octanol–water partition coefficient (Wildman–Crippen LogP) is 1.35. The molecule has 0 nitrogen and oxygen atoms in total. The Labute approximate surface area is 35.1 Å². The van der Waals surface area contributed by atoms with Gasteiger partial charge in [-0.25, -0.2) is 0 Å². The average molecular weight is 82.1 g/mol. The first-order valence-electron chi connectivity index (χ1n) is 1.32. The van der Waals surface area contributed by atoms with E-state index in [1.54, 1.807) is 0 Å². The standard InChI is InChI=1S/C4H2S/c1-2-4-5-3-1/h1-2H. The molecule has 1 heterocycles. The molecule has 0 atom stereocenters. The van der Waals surface area contributed by atoms with Crippen molar-refractivity contribution in [1.82, 2.24) is 0 Å². The maximum atomic E-state index is 2.85. The topological polar surface area (TPSA) is 0 Å². The van der Waals surface area contributed by atoms with Crippen molar-refractivity contribution in [3.05, 3.63) is 22.9 Å². The summed E-state index contributed by atoms with van der Waals surface area (Å²) in [5.74, 6) is 0. The quantitative estimate of drug-likeness (QED) is 0.443. The molecule has 0 unspecified atom stereocenters. The average Bonchev–Trinajstić information content (AvgIpc) is 1.76. The molecule has 0 N–H and O–H groups in total. The predicted molar refractivity (Wildman–Crippen MR) is 22.0 cm³/mol. The van der Waals surface area contributed by atoms with Crippen LogP contribution >= 0.6 is 11.3 Å². The molecule has 1 rings (SSSR count). The Hall–Kier alpha value is -0.300. The molecule has 24 valence electrons. The van der Waals surface area contributed by atoms with Gasteiger partial charge in [-0.1, -0.05) is 0 Å². The number of thiophene rings is 1. The zero-order chi connectivity index (χ0) is 3.54.